The fourth-order valence-corrected chi connectivity index (χ4v) is 4.48. The maximum atomic E-state index is 12.5. The molecule has 0 spiro atoms. The zero-order valence-electron chi connectivity index (χ0n) is 18.7. The second-order valence-corrected chi connectivity index (χ2v) is 8.44. The molecule has 1 unspecified atom stereocenters. The van der Waals surface area contributed by atoms with E-state index in [0.717, 1.165) is 53.2 Å². The highest BCUT2D eigenvalue weighted by Gasteiger charge is 2.29. The summed E-state index contributed by atoms with van der Waals surface area (Å²) in [5, 5.41) is 0. The van der Waals surface area contributed by atoms with Crippen LogP contribution in [0.5, 0.6) is 5.88 Å². The number of nitrogens with zero attached hydrogens (tertiary/aromatic N) is 5. The minimum Gasteiger partial charge on any atom is -0.481 e. The molecule has 0 aliphatic carbocycles. The molecule has 0 fully saturated rings. The number of hydrogen-bond donors (Lipinski definition) is 1. The normalized spacial score (nSPS) is 17.8. The molecule has 0 amide bonds. The molecule has 0 radical (unpaired) electrons. The van der Waals surface area contributed by atoms with Crippen LogP contribution in [0.2, 0.25) is 0 Å². The molecule has 1 N–H and O–H groups in total. The van der Waals surface area contributed by atoms with Crippen LogP contribution in [0.3, 0.4) is 0 Å². The zero-order chi connectivity index (χ0) is 22.4. The molecule has 0 saturated carbocycles. The summed E-state index contributed by atoms with van der Waals surface area (Å²) < 4.78 is 6.78. The number of methoxy groups -OCH3 is 1. The van der Waals surface area contributed by atoms with Gasteiger partial charge in [0.15, 0.2) is 5.82 Å². The molecule has 5 rings (SSSR count). The second-order valence-electron chi connectivity index (χ2n) is 8.44. The Morgan fingerprint density at radius 2 is 1.97 bits per heavy atom. The number of pyridine rings is 2. The summed E-state index contributed by atoms with van der Waals surface area (Å²) in [7, 11) is 1.62. The molecule has 32 heavy (non-hydrogen) atoms. The van der Waals surface area contributed by atoms with Gasteiger partial charge in [0.25, 0.3) is 5.56 Å². The highest BCUT2D eigenvalue weighted by atomic mass is 16.5. The summed E-state index contributed by atoms with van der Waals surface area (Å²) in [6.07, 6.45) is 6.54. The molecule has 0 saturated heterocycles. The Morgan fingerprint density at radius 3 is 2.75 bits per heavy atom. The molecule has 164 valence electrons. The average molecular weight is 431 g/mol. The van der Waals surface area contributed by atoms with E-state index in [1.54, 1.807) is 17.9 Å². The third-order valence-corrected chi connectivity index (χ3v) is 6.15. The summed E-state index contributed by atoms with van der Waals surface area (Å²) in [4.78, 5) is 28.4. The van der Waals surface area contributed by atoms with Crippen LogP contribution < -0.4 is 15.7 Å². The predicted octanol–water partition coefficient (Wildman–Crippen LogP) is 2.67. The lowest BCUT2D eigenvalue weighted by atomic mass is 9.98. The van der Waals surface area contributed by atoms with Crippen LogP contribution >= 0.6 is 0 Å². The lowest BCUT2D eigenvalue weighted by Gasteiger charge is -2.38. The monoisotopic (exact) mass is 430 g/mol. The Kier molecular flexibility index (Phi) is 5.01. The van der Waals surface area contributed by atoms with Crippen molar-refractivity contribution in [1.29, 1.82) is 0 Å². The maximum Gasteiger partial charge on any atom is 0.272 e. The van der Waals surface area contributed by atoms with Crippen molar-refractivity contribution in [2.75, 3.05) is 19.1 Å². The van der Waals surface area contributed by atoms with Crippen LogP contribution in [0.1, 0.15) is 35.3 Å². The van der Waals surface area contributed by atoms with Gasteiger partial charge in [-0.05, 0) is 49.6 Å². The van der Waals surface area contributed by atoms with Crippen LogP contribution in [-0.4, -0.2) is 44.3 Å². The first kappa shape index (κ1) is 20.4. The van der Waals surface area contributed by atoms with Crippen LogP contribution in [0.25, 0.3) is 17.2 Å². The van der Waals surface area contributed by atoms with E-state index >= 15 is 0 Å². The van der Waals surface area contributed by atoms with E-state index in [9.17, 15) is 4.79 Å². The lowest BCUT2D eigenvalue weighted by molar-refractivity contribution is 0.205. The van der Waals surface area contributed by atoms with Crippen molar-refractivity contribution < 1.29 is 4.74 Å². The standard InChI is InChI=1S/C24H26N6O2/c1-14-8-22(32-4)26-12-19(14)17-10-18-13-29(6-5-20(18)25-11-17)24-15(2)7-21-27-16(3)9-23(31)30(21)28-24/h7-12,24,28H,5-6,13H2,1-4H3. The van der Waals surface area contributed by atoms with E-state index in [1.807, 2.05) is 31.5 Å². The SMILES string of the molecule is COc1cc(C)c(-c2cnc3c(c2)CN(C2Nn4c(nc(C)cc4=O)C=C2C)CC3)cn1. The van der Waals surface area contributed by atoms with Crippen molar-refractivity contribution in [3.8, 4) is 17.0 Å². The molecular formula is C24H26N6O2. The van der Waals surface area contributed by atoms with Crippen molar-refractivity contribution in [2.24, 2.45) is 0 Å². The summed E-state index contributed by atoms with van der Waals surface area (Å²) in [6.45, 7) is 7.56. The van der Waals surface area contributed by atoms with E-state index in [-0.39, 0.29) is 11.7 Å². The van der Waals surface area contributed by atoms with E-state index in [0.29, 0.717) is 11.7 Å². The molecule has 1 atom stereocenters. The molecule has 0 bridgehead atoms. The number of nitrogens with one attached hydrogen (secondary N) is 1. The van der Waals surface area contributed by atoms with Gasteiger partial charge in [0.1, 0.15) is 6.17 Å². The number of rotatable bonds is 3. The number of hydrogen-bond acceptors (Lipinski definition) is 7. The van der Waals surface area contributed by atoms with Crippen LogP contribution in [0.15, 0.2) is 41.0 Å². The summed E-state index contributed by atoms with van der Waals surface area (Å²) in [5.74, 6) is 1.25. The van der Waals surface area contributed by atoms with Crippen molar-refractivity contribution in [1.82, 2.24) is 24.5 Å². The first-order valence-corrected chi connectivity index (χ1v) is 10.7. The number of fused-ring (bicyclic) bond motifs is 2. The van der Waals surface area contributed by atoms with Gasteiger partial charge in [0.05, 0.1) is 7.11 Å². The fraction of sp³-hybridized carbons (Fsp3) is 0.333. The summed E-state index contributed by atoms with van der Waals surface area (Å²) in [6, 6.07) is 5.69. The van der Waals surface area contributed by atoms with Gasteiger partial charge in [0.2, 0.25) is 5.88 Å². The Balaban J connectivity index is 1.44. The Labute approximate surface area is 186 Å². The molecule has 3 aromatic heterocycles. The molecule has 2 aliphatic rings. The topological polar surface area (TPSA) is 85.2 Å². The van der Waals surface area contributed by atoms with Gasteiger partial charge in [-0.1, -0.05) is 0 Å². The molecule has 8 heteroatoms. The van der Waals surface area contributed by atoms with Gasteiger partial charge in [0, 0.05) is 66.6 Å². The zero-order valence-corrected chi connectivity index (χ0v) is 18.7. The molecule has 8 nitrogen and oxygen atoms in total. The van der Waals surface area contributed by atoms with Gasteiger partial charge in [-0.3, -0.25) is 20.1 Å². The maximum absolute atomic E-state index is 12.5. The lowest BCUT2D eigenvalue weighted by Crippen LogP contribution is -2.51. The fourth-order valence-electron chi connectivity index (χ4n) is 4.48. The van der Waals surface area contributed by atoms with Gasteiger partial charge in [-0.25, -0.2) is 14.6 Å². The van der Waals surface area contributed by atoms with Crippen LogP contribution in [-0.2, 0) is 13.0 Å². The van der Waals surface area contributed by atoms with Gasteiger partial charge < -0.3 is 4.74 Å². The first-order valence-electron chi connectivity index (χ1n) is 10.7. The number of aromatic nitrogens is 4. The van der Waals surface area contributed by atoms with Crippen molar-refractivity contribution in [3.63, 3.8) is 0 Å². The third kappa shape index (κ3) is 3.56. The van der Waals surface area contributed by atoms with E-state index < -0.39 is 0 Å². The summed E-state index contributed by atoms with van der Waals surface area (Å²) in [5.41, 5.74) is 10.6. The highest BCUT2D eigenvalue weighted by molar-refractivity contribution is 5.67. The molecule has 3 aromatic rings. The van der Waals surface area contributed by atoms with Gasteiger partial charge in [-0.2, -0.15) is 0 Å². The third-order valence-electron chi connectivity index (χ3n) is 6.15. The first-order chi connectivity index (χ1) is 15.4. The van der Waals surface area contributed by atoms with E-state index in [4.69, 9.17) is 9.72 Å². The number of aryl methyl sites for hydroxylation is 2. The molecule has 5 heterocycles. The van der Waals surface area contributed by atoms with Gasteiger partial charge in [-0.15, -0.1) is 0 Å². The number of ether oxygens (including phenoxy) is 1. The Hall–Kier alpha value is -3.52. The summed E-state index contributed by atoms with van der Waals surface area (Å²) >= 11 is 0. The van der Waals surface area contributed by atoms with E-state index in [1.165, 1.54) is 5.56 Å². The van der Waals surface area contributed by atoms with Gasteiger partial charge >= 0.3 is 0 Å². The highest BCUT2D eigenvalue weighted by Crippen LogP contribution is 2.29. The Bertz CT molecular complexity index is 1300. The Morgan fingerprint density at radius 1 is 1.12 bits per heavy atom. The van der Waals surface area contributed by atoms with Crippen LogP contribution in [0.4, 0.5) is 0 Å². The van der Waals surface area contributed by atoms with Crippen molar-refractivity contribution in [2.45, 2.75) is 39.9 Å². The smallest absolute Gasteiger partial charge is 0.272 e. The molecule has 2 aliphatic heterocycles. The van der Waals surface area contributed by atoms with Crippen molar-refractivity contribution in [3.05, 3.63) is 74.9 Å². The second kappa shape index (κ2) is 7.87. The average Bonchev–Trinajstić information content (AvgIpc) is 2.77. The largest absolute Gasteiger partial charge is 0.481 e. The minimum absolute atomic E-state index is 0.0779. The van der Waals surface area contributed by atoms with Crippen LogP contribution in [0, 0.1) is 13.8 Å². The predicted molar refractivity (Wildman–Crippen MR) is 123 cm³/mol. The minimum atomic E-state index is -0.0925. The van der Waals surface area contributed by atoms with E-state index in [2.05, 4.69) is 40.2 Å². The molecule has 0 aromatic carbocycles. The quantitative estimate of drug-likeness (QED) is 0.684. The molecular weight excluding hydrogens is 404 g/mol. The van der Waals surface area contributed by atoms with Crippen molar-refractivity contribution >= 4 is 6.08 Å².